The summed E-state index contributed by atoms with van der Waals surface area (Å²) in [7, 11) is 0. The Balaban J connectivity index is 1.96. The molecule has 1 heterocycles. The number of nitrogens with zero attached hydrogens (tertiary/aromatic N) is 1. The van der Waals surface area contributed by atoms with Crippen molar-refractivity contribution in [3.05, 3.63) is 71.6 Å². The summed E-state index contributed by atoms with van der Waals surface area (Å²) in [4.78, 5) is 14.9. The molecule has 3 aromatic rings. The monoisotopic (exact) mass is 329 g/mol. The molecule has 2 aromatic carbocycles. The number of ether oxygens (including phenoxy) is 2. The SMILES string of the molecule is O=COC(Oc1ccc(Cl)cc1-c1ncco1)c1ccccc1. The number of hydrogen-bond acceptors (Lipinski definition) is 5. The van der Waals surface area contributed by atoms with Crippen LogP contribution in [0.2, 0.25) is 5.02 Å². The number of rotatable bonds is 6. The van der Waals surface area contributed by atoms with Crippen molar-refractivity contribution in [3.63, 3.8) is 0 Å². The van der Waals surface area contributed by atoms with Crippen LogP contribution in [0.1, 0.15) is 11.9 Å². The van der Waals surface area contributed by atoms with E-state index in [0.717, 1.165) is 0 Å². The molecule has 0 N–H and O–H groups in total. The minimum atomic E-state index is -0.886. The first-order valence-corrected chi connectivity index (χ1v) is 7.16. The van der Waals surface area contributed by atoms with E-state index in [-0.39, 0.29) is 0 Å². The Labute approximate surface area is 137 Å². The molecular formula is C17H12ClNO4. The Hall–Kier alpha value is -2.79. The highest BCUT2D eigenvalue weighted by Crippen LogP contribution is 2.34. The topological polar surface area (TPSA) is 61.6 Å². The van der Waals surface area contributed by atoms with Gasteiger partial charge in [0, 0.05) is 10.6 Å². The van der Waals surface area contributed by atoms with Gasteiger partial charge in [0.15, 0.2) is 0 Å². The van der Waals surface area contributed by atoms with Gasteiger partial charge < -0.3 is 13.9 Å². The number of halogens is 1. The molecule has 0 bridgehead atoms. The van der Waals surface area contributed by atoms with Crippen LogP contribution in [-0.2, 0) is 9.53 Å². The molecule has 0 radical (unpaired) electrons. The summed E-state index contributed by atoms with van der Waals surface area (Å²) >= 11 is 6.04. The van der Waals surface area contributed by atoms with Crippen LogP contribution >= 0.6 is 11.6 Å². The average Bonchev–Trinajstić information content (AvgIpc) is 3.11. The number of carbonyl (C=O) groups is 1. The molecule has 1 unspecified atom stereocenters. The zero-order valence-electron chi connectivity index (χ0n) is 11.9. The summed E-state index contributed by atoms with van der Waals surface area (Å²) < 4.78 is 16.2. The summed E-state index contributed by atoms with van der Waals surface area (Å²) in [6.07, 6.45) is 2.09. The highest BCUT2D eigenvalue weighted by molar-refractivity contribution is 6.30. The lowest BCUT2D eigenvalue weighted by atomic mass is 10.2. The summed E-state index contributed by atoms with van der Waals surface area (Å²) in [6, 6.07) is 14.1. The van der Waals surface area contributed by atoms with Gasteiger partial charge >= 0.3 is 0 Å². The molecule has 0 spiro atoms. The van der Waals surface area contributed by atoms with Crippen molar-refractivity contribution in [2.75, 3.05) is 0 Å². The Morgan fingerprint density at radius 3 is 2.70 bits per heavy atom. The first-order valence-electron chi connectivity index (χ1n) is 6.78. The van der Waals surface area contributed by atoms with Crippen LogP contribution < -0.4 is 4.74 Å². The molecule has 23 heavy (non-hydrogen) atoms. The van der Waals surface area contributed by atoms with Gasteiger partial charge in [0.1, 0.15) is 12.0 Å². The van der Waals surface area contributed by atoms with E-state index in [9.17, 15) is 4.79 Å². The second-order valence-corrected chi connectivity index (χ2v) is 5.01. The van der Waals surface area contributed by atoms with Crippen LogP contribution in [0.25, 0.3) is 11.5 Å². The van der Waals surface area contributed by atoms with Gasteiger partial charge in [-0.2, -0.15) is 0 Å². The van der Waals surface area contributed by atoms with Crippen LogP contribution in [-0.4, -0.2) is 11.5 Å². The second-order valence-electron chi connectivity index (χ2n) is 4.57. The fourth-order valence-electron chi connectivity index (χ4n) is 2.08. The molecule has 0 saturated heterocycles. The highest BCUT2D eigenvalue weighted by atomic mass is 35.5. The molecule has 0 aliphatic carbocycles. The standard InChI is InChI=1S/C17H12ClNO4/c18-13-6-7-15(14(10-13)16-19-8-9-21-16)23-17(22-11-20)12-4-2-1-3-5-12/h1-11,17H. The lowest BCUT2D eigenvalue weighted by Crippen LogP contribution is -2.11. The fourth-order valence-corrected chi connectivity index (χ4v) is 2.25. The lowest BCUT2D eigenvalue weighted by molar-refractivity contribution is -0.148. The Morgan fingerprint density at radius 2 is 2.00 bits per heavy atom. The average molecular weight is 330 g/mol. The highest BCUT2D eigenvalue weighted by Gasteiger charge is 2.18. The van der Waals surface area contributed by atoms with Crippen molar-refractivity contribution >= 4 is 18.1 Å². The van der Waals surface area contributed by atoms with Crippen molar-refractivity contribution in [3.8, 4) is 17.2 Å². The van der Waals surface area contributed by atoms with E-state index in [0.29, 0.717) is 34.3 Å². The third kappa shape index (κ3) is 3.52. The maximum absolute atomic E-state index is 10.8. The molecule has 0 saturated carbocycles. The van der Waals surface area contributed by atoms with Gasteiger partial charge in [0.05, 0.1) is 11.8 Å². The normalized spacial score (nSPS) is 11.7. The molecule has 0 aliphatic heterocycles. The van der Waals surface area contributed by atoms with Gasteiger partial charge in [-0.3, -0.25) is 4.79 Å². The van der Waals surface area contributed by atoms with Crippen LogP contribution in [0.5, 0.6) is 5.75 Å². The Kier molecular flexibility index (Phi) is 4.59. The quantitative estimate of drug-likeness (QED) is 0.500. The molecule has 1 aromatic heterocycles. The largest absolute Gasteiger partial charge is 0.450 e. The number of hydrogen-bond donors (Lipinski definition) is 0. The number of aromatic nitrogens is 1. The maximum atomic E-state index is 10.8. The predicted octanol–water partition coefficient (Wildman–Crippen LogP) is 4.25. The van der Waals surface area contributed by atoms with E-state index in [1.807, 2.05) is 18.2 Å². The summed E-state index contributed by atoms with van der Waals surface area (Å²) in [5, 5.41) is 0.512. The molecule has 116 valence electrons. The minimum absolute atomic E-state index is 0.346. The van der Waals surface area contributed by atoms with E-state index in [1.165, 1.54) is 12.5 Å². The van der Waals surface area contributed by atoms with Gasteiger partial charge in [0.25, 0.3) is 12.8 Å². The zero-order valence-corrected chi connectivity index (χ0v) is 12.6. The van der Waals surface area contributed by atoms with E-state index in [4.69, 9.17) is 25.5 Å². The minimum Gasteiger partial charge on any atom is -0.450 e. The van der Waals surface area contributed by atoms with Crippen LogP contribution in [0.4, 0.5) is 0 Å². The summed E-state index contributed by atoms with van der Waals surface area (Å²) in [6.45, 7) is 0.346. The molecule has 3 rings (SSSR count). The van der Waals surface area contributed by atoms with Crippen molar-refractivity contribution in [2.45, 2.75) is 6.29 Å². The Bertz CT molecular complexity index is 775. The van der Waals surface area contributed by atoms with Crippen molar-refractivity contribution in [2.24, 2.45) is 0 Å². The first kappa shape index (κ1) is 15.1. The summed E-state index contributed by atoms with van der Waals surface area (Å²) in [5.74, 6) is 0.799. The number of oxazole rings is 1. The van der Waals surface area contributed by atoms with Gasteiger partial charge in [0.2, 0.25) is 5.89 Å². The van der Waals surface area contributed by atoms with Gasteiger partial charge in [-0.15, -0.1) is 0 Å². The predicted molar refractivity (Wildman–Crippen MR) is 83.9 cm³/mol. The zero-order chi connectivity index (χ0) is 16.1. The number of carbonyl (C=O) groups excluding carboxylic acids is 1. The molecular weight excluding hydrogens is 318 g/mol. The van der Waals surface area contributed by atoms with E-state index < -0.39 is 6.29 Å². The molecule has 0 aliphatic rings. The molecule has 6 heteroatoms. The van der Waals surface area contributed by atoms with Crippen LogP contribution in [0, 0.1) is 0 Å². The smallest absolute Gasteiger partial charge is 0.296 e. The van der Waals surface area contributed by atoms with Gasteiger partial charge in [-0.1, -0.05) is 41.9 Å². The van der Waals surface area contributed by atoms with E-state index in [2.05, 4.69) is 4.98 Å². The molecule has 0 fully saturated rings. The molecule has 1 atom stereocenters. The van der Waals surface area contributed by atoms with Gasteiger partial charge in [-0.05, 0) is 18.2 Å². The van der Waals surface area contributed by atoms with Crippen LogP contribution in [0.15, 0.2) is 65.4 Å². The third-order valence-electron chi connectivity index (χ3n) is 3.09. The fraction of sp³-hybridized carbons (Fsp3) is 0.0588. The maximum Gasteiger partial charge on any atom is 0.296 e. The summed E-state index contributed by atoms with van der Waals surface area (Å²) in [5.41, 5.74) is 1.27. The van der Waals surface area contributed by atoms with Crippen molar-refractivity contribution in [1.82, 2.24) is 4.98 Å². The number of benzene rings is 2. The third-order valence-corrected chi connectivity index (χ3v) is 3.32. The van der Waals surface area contributed by atoms with E-state index >= 15 is 0 Å². The Morgan fingerprint density at radius 1 is 1.17 bits per heavy atom. The van der Waals surface area contributed by atoms with Crippen LogP contribution in [0.3, 0.4) is 0 Å². The van der Waals surface area contributed by atoms with Crippen molar-refractivity contribution < 1.29 is 18.7 Å². The lowest BCUT2D eigenvalue weighted by Gasteiger charge is -2.19. The molecule has 5 nitrogen and oxygen atoms in total. The molecule has 0 amide bonds. The second kappa shape index (κ2) is 6.98. The van der Waals surface area contributed by atoms with Gasteiger partial charge in [-0.25, -0.2) is 4.98 Å². The first-order chi connectivity index (χ1) is 11.3. The van der Waals surface area contributed by atoms with E-state index in [1.54, 1.807) is 30.3 Å². The van der Waals surface area contributed by atoms with Crippen molar-refractivity contribution in [1.29, 1.82) is 0 Å².